The van der Waals surface area contributed by atoms with E-state index in [4.69, 9.17) is 9.84 Å². The number of carbonyl (C=O) groups is 1. The minimum Gasteiger partial charge on any atom is -0.485 e. The maximum Gasteiger partial charge on any atom is 0.349 e. The highest BCUT2D eigenvalue weighted by Crippen LogP contribution is 2.31. The Kier molecular flexibility index (Phi) is 3.80. The molecule has 0 bridgehead atoms. The molecule has 0 aliphatic heterocycles. The maximum absolute atomic E-state index is 13.8. The van der Waals surface area contributed by atoms with Crippen molar-refractivity contribution in [1.29, 1.82) is 0 Å². The van der Waals surface area contributed by atoms with Crippen LogP contribution < -0.4 is 4.74 Å². The fourth-order valence-electron chi connectivity index (χ4n) is 1.50. The fraction of sp³-hybridized carbons (Fsp3) is 0.154. The van der Waals surface area contributed by atoms with Crippen molar-refractivity contribution in [3.05, 3.63) is 52.2 Å². The van der Waals surface area contributed by atoms with E-state index >= 15 is 0 Å². The topological polar surface area (TPSA) is 46.5 Å². The van der Waals surface area contributed by atoms with E-state index < -0.39 is 18.5 Å². The Bertz CT molecular complexity index is 566. The first-order chi connectivity index (χ1) is 9.00. The summed E-state index contributed by atoms with van der Waals surface area (Å²) in [5.41, 5.74) is -0.165. The van der Waals surface area contributed by atoms with Crippen LogP contribution in [-0.2, 0) is 5.92 Å². The highest BCUT2D eigenvalue weighted by atomic mass is 32.1. The van der Waals surface area contributed by atoms with Crippen molar-refractivity contribution >= 4 is 17.3 Å². The molecule has 0 unspecified atom stereocenters. The number of ether oxygens (including phenoxy) is 1. The molecule has 2 aromatic rings. The standard InChI is InChI=1S/C13H10F2O3S/c14-13(15,9-4-2-1-3-5-9)8-18-10-6-7-19-11(10)12(16)17/h1-7H,8H2,(H,16,17). The van der Waals surface area contributed by atoms with Crippen LogP contribution in [-0.4, -0.2) is 17.7 Å². The second-order valence-electron chi connectivity index (χ2n) is 3.78. The first kappa shape index (κ1) is 13.5. The van der Waals surface area contributed by atoms with Crippen molar-refractivity contribution in [2.24, 2.45) is 0 Å². The van der Waals surface area contributed by atoms with Gasteiger partial charge in [-0.1, -0.05) is 30.3 Å². The lowest BCUT2D eigenvalue weighted by molar-refractivity contribution is -0.0468. The van der Waals surface area contributed by atoms with Crippen LogP contribution in [0.4, 0.5) is 8.78 Å². The molecule has 0 amide bonds. The van der Waals surface area contributed by atoms with Crippen molar-refractivity contribution in [3.8, 4) is 5.75 Å². The van der Waals surface area contributed by atoms with Gasteiger partial charge in [-0.3, -0.25) is 0 Å². The summed E-state index contributed by atoms with van der Waals surface area (Å²) < 4.78 is 32.6. The Balaban J connectivity index is 2.10. The predicted molar refractivity (Wildman–Crippen MR) is 67.1 cm³/mol. The average Bonchev–Trinajstić information content (AvgIpc) is 2.86. The Hall–Kier alpha value is -1.95. The number of thiophene rings is 1. The first-order valence-corrected chi connectivity index (χ1v) is 6.25. The summed E-state index contributed by atoms with van der Waals surface area (Å²) in [6.45, 7) is -0.895. The smallest absolute Gasteiger partial charge is 0.349 e. The van der Waals surface area contributed by atoms with Crippen LogP contribution in [0.5, 0.6) is 5.75 Å². The molecule has 0 radical (unpaired) electrons. The minimum absolute atomic E-state index is 0.0342. The summed E-state index contributed by atoms with van der Waals surface area (Å²) in [6, 6.07) is 8.63. The summed E-state index contributed by atoms with van der Waals surface area (Å²) in [4.78, 5) is 10.7. The summed E-state index contributed by atoms with van der Waals surface area (Å²) in [6.07, 6.45) is 0. The van der Waals surface area contributed by atoms with E-state index in [0.29, 0.717) is 0 Å². The number of benzene rings is 1. The molecule has 19 heavy (non-hydrogen) atoms. The van der Waals surface area contributed by atoms with Crippen molar-refractivity contribution in [2.45, 2.75) is 5.92 Å². The lowest BCUT2D eigenvalue weighted by atomic mass is 10.1. The minimum atomic E-state index is -3.17. The number of halogens is 2. The number of hydrogen-bond acceptors (Lipinski definition) is 3. The monoisotopic (exact) mass is 284 g/mol. The van der Waals surface area contributed by atoms with Crippen LogP contribution in [0.25, 0.3) is 0 Å². The molecule has 1 N–H and O–H groups in total. The third-order valence-corrected chi connectivity index (χ3v) is 3.31. The lowest BCUT2D eigenvalue weighted by Crippen LogP contribution is -2.23. The van der Waals surface area contributed by atoms with Crippen LogP contribution in [0.2, 0.25) is 0 Å². The molecular weight excluding hydrogens is 274 g/mol. The van der Waals surface area contributed by atoms with Gasteiger partial charge in [-0.15, -0.1) is 11.3 Å². The zero-order valence-corrected chi connectivity index (χ0v) is 10.5. The highest BCUT2D eigenvalue weighted by molar-refractivity contribution is 7.12. The Morgan fingerprint density at radius 2 is 1.95 bits per heavy atom. The molecule has 100 valence electrons. The van der Waals surface area contributed by atoms with Crippen LogP contribution in [0.15, 0.2) is 41.8 Å². The summed E-state index contributed by atoms with van der Waals surface area (Å²) in [5.74, 6) is -4.39. The molecule has 1 aromatic heterocycles. The maximum atomic E-state index is 13.8. The van der Waals surface area contributed by atoms with Gasteiger partial charge in [0.15, 0.2) is 11.5 Å². The Labute approximate surface area is 112 Å². The number of carboxylic acid groups (broad SMARTS) is 1. The third-order valence-electron chi connectivity index (χ3n) is 2.43. The van der Waals surface area contributed by atoms with Gasteiger partial charge in [-0.05, 0) is 11.4 Å². The third kappa shape index (κ3) is 3.08. The van der Waals surface area contributed by atoms with E-state index in [1.165, 1.54) is 35.7 Å². The number of aromatic carboxylic acids is 1. The van der Waals surface area contributed by atoms with E-state index in [2.05, 4.69) is 0 Å². The van der Waals surface area contributed by atoms with Crippen LogP contribution >= 0.6 is 11.3 Å². The first-order valence-electron chi connectivity index (χ1n) is 5.37. The second-order valence-corrected chi connectivity index (χ2v) is 4.69. The SMILES string of the molecule is O=C(O)c1sccc1OCC(F)(F)c1ccccc1. The molecule has 0 atom stereocenters. The molecule has 3 nitrogen and oxygen atoms in total. The van der Waals surface area contributed by atoms with Crippen LogP contribution in [0.1, 0.15) is 15.2 Å². The highest BCUT2D eigenvalue weighted by Gasteiger charge is 2.33. The molecule has 0 spiro atoms. The molecule has 0 aliphatic carbocycles. The molecule has 0 aliphatic rings. The normalized spacial score (nSPS) is 11.3. The largest absolute Gasteiger partial charge is 0.485 e. The lowest BCUT2D eigenvalue weighted by Gasteiger charge is -2.17. The van der Waals surface area contributed by atoms with Gasteiger partial charge >= 0.3 is 11.9 Å². The zero-order chi connectivity index (χ0) is 13.9. The predicted octanol–water partition coefficient (Wildman–Crippen LogP) is 3.62. The van der Waals surface area contributed by atoms with Crippen molar-refractivity contribution in [2.75, 3.05) is 6.61 Å². The van der Waals surface area contributed by atoms with Gasteiger partial charge in [-0.2, -0.15) is 8.78 Å². The van der Waals surface area contributed by atoms with Crippen molar-refractivity contribution in [3.63, 3.8) is 0 Å². The van der Waals surface area contributed by atoms with E-state index in [9.17, 15) is 13.6 Å². The summed E-state index contributed by atoms with van der Waals surface area (Å²) in [5, 5.41) is 10.3. The van der Waals surface area contributed by atoms with Crippen LogP contribution in [0.3, 0.4) is 0 Å². The Morgan fingerprint density at radius 1 is 1.26 bits per heavy atom. The van der Waals surface area contributed by atoms with Crippen LogP contribution in [0, 0.1) is 0 Å². The number of rotatable bonds is 5. The molecule has 0 saturated heterocycles. The quantitative estimate of drug-likeness (QED) is 0.912. The van der Waals surface area contributed by atoms with Gasteiger partial charge in [0.1, 0.15) is 5.75 Å². The van der Waals surface area contributed by atoms with Gasteiger partial charge in [0.2, 0.25) is 0 Å². The molecule has 1 heterocycles. The molecule has 2 rings (SSSR count). The molecule has 1 aromatic carbocycles. The van der Waals surface area contributed by atoms with Gasteiger partial charge in [0, 0.05) is 5.56 Å². The average molecular weight is 284 g/mol. The number of hydrogen-bond donors (Lipinski definition) is 1. The van der Waals surface area contributed by atoms with Gasteiger partial charge in [-0.25, -0.2) is 4.79 Å². The van der Waals surface area contributed by atoms with E-state index in [1.54, 1.807) is 6.07 Å². The molecular formula is C13H10F2O3S. The molecule has 6 heteroatoms. The number of carboxylic acids is 1. The van der Waals surface area contributed by atoms with Gasteiger partial charge in [0.25, 0.3) is 0 Å². The number of alkyl halides is 2. The van der Waals surface area contributed by atoms with E-state index in [0.717, 1.165) is 11.3 Å². The van der Waals surface area contributed by atoms with Gasteiger partial charge in [0.05, 0.1) is 0 Å². The van der Waals surface area contributed by atoms with E-state index in [-0.39, 0.29) is 16.2 Å². The zero-order valence-electron chi connectivity index (χ0n) is 9.68. The van der Waals surface area contributed by atoms with Crippen molar-refractivity contribution < 1.29 is 23.4 Å². The van der Waals surface area contributed by atoms with E-state index in [1.807, 2.05) is 0 Å². The second kappa shape index (κ2) is 5.36. The summed E-state index contributed by atoms with van der Waals surface area (Å²) >= 11 is 0.935. The molecule has 0 fully saturated rings. The fourth-order valence-corrected chi connectivity index (χ4v) is 2.17. The van der Waals surface area contributed by atoms with Crippen molar-refractivity contribution in [1.82, 2.24) is 0 Å². The molecule has 0 saturated carbocycles. The Morgan fingerprint density at radius 3 is 2.58 bits per heavy atom. The van der Waals surface area contributed by atoms with Gasteiger partial charge < -0.3 is 9.84 Å². The summed E-state index contributed by atoms with van der Waals surface area (Å²) in [7, 11) is 0.